The van der Waals surface area contributed by atoms with Gasteiger partial charge in [-0.25, -0.2) is 8.42 Å². The number of aromatic nitrogens is 1. The number of nitrogens with one attached hydrogen (secondary N) is 2. The molecule has 29 heavy (non-hydrogen) atoms. The predicted molar refractivity (Wildman–Crippen MR) is 116 cm³/mol. The van der Waals surface area contributed by atoms with Gasteiger partial charge in [0.1, 0.15) is 4.21 Å². The standard InChI is InChI=1S/C21H25N3O3S2/c25-20(22-11-10-16-15-23-19-7-3-2-6-18(16)19)14-17-8-9-21(28-17)29(26,27)24-12-4-1-5-13-24/h2-3,6-9,15,23H,1,4-5,10-14H2,(H,22,25). The average Bonchev–Trinajstić information content (AvgIpc) is 3.36. The number of carbonyl (C=O) groups is 1. The number of fused-ring (bicyclic) bond motifs is 1. The highest BCUT2D eigenvalue weighted by molar-refractivity contribution is 7.91. The summed E-state index contributed by atoms with van der Waals surface area (Å²) in [5, 5.41) is 4.11. The van der Waals surface area contributed by atoms with Gasteiger partial charge < -0.3 is 10.3 Å². The molecule has 0 unspecified atom stereocenters. The lowest BCUT2D eigenvalue weighted by Crippen LogP contribution is -2.35. The van der Waals surface area contributed by atoms with Gasteiger partial charge in [0.2, 0.25) is 5.91 Å². The molecule has 4 rings (SSSR count). The van der Waals surface area contributed by atoms with Gasteiger partial charge in [-0.3, -0.25) is 4.79 Å². The van der Waals surface area contributed by atoms with E-state index in [1.54, 1.807) is 16.4 Å². The predicted octanol–water partition coefficient (Wildman–Crippen LogP) is 3.31. The Morgan fingerprint density at radius 1 is 1.10 bits per heavy atom. The number of H-pyrrole nitrogens is 1. The molecule has 2 aromatic heterocycles. The number of para-hydroxylation sites is 1. The Kier molecular flexibility index (Phi) is 6.03. The number of aromatic amines is 1. The SMILES string of the molecule is O=C(Cc1ccc(S(=O)(=O)N2CCCCC2)s1)NCCc1c[nH]c2ccccc12. The molecule has 1 aliphatic heterocycles. The van der Waals surface area contributed by atoms with Crippen LogP contribution in [0.25, 0.3) is 10.9 Å². The van der Waals surface area contributed by atoms with E-state index in [1.165, 1.54) is 22.3 Å². The van der Waals surface area contributed by atoms with Gasteiger partial charge in [0.25, 0.3) is 10.0 Å². The van der Waals surface area contributed by atoms with E-state index in [9.17, 15) is 13.2 Å². The summed E-state index contributed by atoms with van der Waals surface area (Å²) in [4.78, 5) is 16.3. The summed E-state index contributed by atoms with van der Waals surface area (Å²) in [6.07, 6.45) is 5.84. The molecule has 1 fully saturated rings. The van der Waals surface area contributed by atoms with Crippen LogP contribution in [-0.4, -0.2) is 43.2 Å². The number of piperidine rings is 1. The summed E-state index contributed by atoms with van der Waals surface area (Å²) in [6.45, 7) is 1.72. The first kappa shape index (κ1) is 20.1. The van der Waals surface area contributed by atoms with Crippen molar-refractivity contribution in [1.29, 1.82) is 0 Å². The largest absolute Gasteiger partial charge is 0.361 e. The van der Waals surface area contributed by atoms with E-state index in [2.05, 4.69) is 16.4 Å². The van der Waals surface area contributed by atoms with Gasteiger partial charge >= 0.3 is 0 Å². The fraction of sp³-hybridized carbons (Fsp3) is 0.381. The number of rotatable bonds is 7. The monoisotopic (exact) mass is 431 g/mol. The number of amides is 1. The van der Waals surface area contributed by atoms with E-state index in [1.807, 2.05) is 24.4 Å². The highest BCUT2D eigenvalue weighted by Crippen LogP contribution is 2.27. The van der Waals surface area contributed by atoms with Gasteiger partial charge in [-0.15, -0.1) is 11.3 Å². The molecular formula is C21H25N3O3S2. The second-order valence-electron chi connectivity index (χ2n) is 7.32. The summed E-state index contributed by atoms with van der Waals surface area (Å²) in [5.41, 5.74) is 2.27. The van der Waals surface area contributed by atoms with Crippen molar-refractivity contribution in [3.05, 3.63) is 53.0 Å². The molecule has 0 saturated carbocycles. The van der Waals surface area contributed by atoms with Gasteiger partial charge in [0, 0.05) is 41.6 Å². The first-order valence-electron chi connectivity index (χ1n) is 9.94. The molecule has 6 nitrogen and oxygen atoms in total. The second kappa shape index (κ2) is 8.69. The second-order valence-corrected chi connectivity index (χ2v) is 10.7. The number of hydrogen-bond donors (Lipinski definition) is 2. The first-order chi connectivity index (χ1) is 14.0. The van der Waals surface area contributed by atoms with Crippen LogP contribution in [0.5, 0.6) is 0 Å². The molecule has 1 aliphatic rings. The van der Waals surface area contributed by atoms with Gasteiger partial charge in [-0.2, -0.15) is 4.31 Å². The lowest BCUT2D eigenvalue weighted by Gasteiger charge is -2.25. The summed E-state index contributed by atoms with van der Waals surface area (Å²) in [5.74, 6) is -0.0892. The molecule has 8 heteroatoms. The average molecular weight is 432 g/mol. The lowest BCUT2D eigenvalue weighted by molar-refractivity contribution is -0.120. The highest BCUT2D eigenvalue weighted by Gasteiger charge is 2.27. The Labute approximate surface area is 175 Å². The Bertz CT molecular complexity index is 1100. The number of benzene rings is 1. The molecule has 0 bridgehead atoms. The minimum absolute atomic E-state index is 0.0892. The van der Waals surface area contributed by atoms with Crippen molar-refractivity contribution in [2.24, 2.45) is 0 Å². The molecule has 1 saturated heterocycles. The van der Waals surface area contributed by atoms with Gasteiger partial charge in [0.15, 0.2) is 0 Å². The van der Waals surface area contributed by atoms with Gasteiger partial charge in [0.05, 0.1) is 6.42 Å². The van der Waals surface area contributed by atoms with E-state index < -0.39 is 10.0 Å². The smallest absolute Gasteiger partial charge is 0.252 e. The minimum Gasteiger partial charge on any atom is -0.361 e. The Hall–Kier alpha value is -2.16. The maximum Gasteiger partial charge on any atom is 0.252 e. The van der Waals surface area contributed by atoms with Crippen LogP contribution in [0.4, 0.5) is 0 Å². The van der Waals surface area contributed by atoms with E-state index in [0.29, 0.717) is 23.8 Å². The number of hydrogen-bond acceptors (Lipinski definition) is 4. The molecule has 3 heterocycles. The Balaban J connectivity index is 1.31. The molecule has 0 aliphatic carbocycles. The summed E-state index contributed by atoms with van der Waals surface area (Å²) in [6, 6.07) is 11.5. The number of thiophene rings is 1. The van der Waals surface area contributed by atoms with Crippen molar-refractivity contribution in [3.8, 4) is 0 Å². The number of sulfonamides is 1. The molecule has 0 atom stereocenters. The zero-order valence-electron chi connectivity index (χ0n) is 16.2. The number of carbonyl (C=O) groups excluding carboxylic acids is 1. The summed E-state index contributed by atoms with van der Waals surface area (Å²) >= 11 is 1.20. The Morgan fingerprint density at radius 2 is 1.90 bits per heavy atom. The van der Waals surface area contributed by atoms with E-state index in [0.717, 1.165) is 36.1 Å². The van der Waals surface area contributed by atoms with Crippen LogP contribution < -0.4 is 5.32 Å². The highest BCUT2D eigenvalue weighted by atomic mass is 32.2. The van der Waals surface area contributed by atoms with Crippen molar-refractivity contribution < 1.29 is 13.2 Å². The molecule has 0 spiro atoms. The van der Waals surface area contributed by atoms with Crippen molar-refractivity contribution in [1.82, 2.24) is 14.6 Å². The van der Waals surface area contributed by atoms with E-state index in [-0.39, 0.29) is 12.3 Å². The van der Waals surface area contributed by atoms with Crippen LogP contribution in [0.3, 0.4) is 0 Å². The van der Waals surface area contributed by atoms with E-state index >= 15 is 0 Å². The third-order valence-electron chi connectivity index (χ3n) is 5.27. The molecule has 154 valence electrons. The van der Waals surface area contributed by atoms with Gasteiger partial charge in [-0.1, -0.05) is 24.6 Å². The van der Waals surface area contributed by atoms with Crippen LogP contribution in [0.2, 0.25) is 0 Å². The van der Waals surface area contributed by atoms with Crippen molar-refractivity contribution >= 4 is 38.2 Å². The van der Waals surface area contributed by atoms with Crippen LogP contribution in [0.15, 0.2) is 46.8 Å². The topological polar surface area (TPSA) is 82.3 Å². The Morgan fingerprint density at radius 3 is 2.72 bits per heavy atom. The molecule has 1 amide bonds. The van der Waals surface area contributed by atoms with Crippen molar-refractivity contribution in [3.63, 3.8) is 0 Å². The summed E-state index contributed by atoms with van der Waals surface area (Å²) in [7, 11) is -3.43. The normalized spacial score (nSPS) is 15.6. The summed E-state index contributed by atoms with van der Waals surface area (Å²) < 4.78 is 27.4. The molecule has 2 N–H and O–H groups in total. The minimum atomic E-state index is -3.43. The maximum atomic E-state index is 12.7. The third-order valence-corrected chi connectivity index (χ3v) is 8.72. The quantitative estimate of drug-likeness (QED) is 0.602. The van der Waals surface area contributed by atoms with Crippen molar-refractivity contribution in [2.75, 3.05) is 19.6 Å². The van der Waals surface area contributed by atoms with Crippen molar-refractivity contribution in [2.45, 2.75) is 36.3 Å². The fourth-order valence-electron chi connectivity index (χ4n) is 3.72. The number of nitrogens with zero attached hydrogens (tertiary/aromatic N) is 1. The van der Waals surface area contributed by atoms with E-state index in [4.69, 9.17) is 0 Å². The maximum absolute atomic E-state index is 12.7. The third kappa shape index (κ3) is 4.55. The zero-order chi connectivity index (χ0) is 20.3. The van der Waals surface area contributed by atoms with Gasteiger partial charge in [-0.05, 0) is 43.0 Å². The molecule has 3 aromatic rings. The molecule has 0 radical (unpaired) electrons. The van der Waals surface area contributed by atoms with Crippen LogP contribution in [-0.2, 0) is 27.7 Å². The van der Waals surface area contributed by atoms with Crippen LogP contribution in [0.1, 0.15) is 29.7 Å². The van der Waals surface area contributed by atoms with Crippen LogP contribution >= 0.6 is 11.3 Å². The molecular weight excluding hydrogens is 406 g/mol. The first-order valence-corrected chi connectivity index (χ1v) is 12.2. The fourth-order valence-corrected chi connectivity index (χ4v) is 6.75. The zero-order valence-corrected chi connectivity index (χ0v) is 17.8. The molecule has 1 aromatic carbocycles. The lowest BCUT2D eigenvalue weighted by atomic mass is 10.1. The van der Waals surface area contributed by atoms with Crippen LogP contribution in [0, 0.1) is 0 Å².